The van der Waals surface area contributed by atoms with Crippen LogP contribution >= 0.6 is 11.6 Å². The third-order valence-corrected chi connectivity index (χ3v) is 4.66. The van der Waals surface area contributed by atoms with Crippen LogP contribution in [0.4, 0.5) is 0 Å². The van der Waals surface area contributed by atoms with Crippen LogP contribution in [-0.4, -0.2) is 30.1 Å². The number of carbonyl (C=O) groups is 2. The van der Waals surface area contributed by atoms with Gasteiger partial charge in [0.05, 0.1) is 0 Å². The van der Waals surface area contributed by atoms with E-state index < -0.39 is 20.4 Å². The van der Waals surface area contributed by atoms with Crippen LogP contribution in [0.3, 0.4) is 0 Å². The molecule has 0 saturated carbocycles. The van der Waals surface area contributed by atoms with Gasteiger partial charge in [0.1, 0.15) is 5.78 Å². The van der Waals surface area contributed by atoms with Crippen molar-refractivity contribution >= 4 is 41.7 Å². The zero-order valence-electron chi connectivity index (χ0n) is 10.3. The van der Waals surface area contributed by atoms with E-state index in [4.69, 9.17) is 11.6 Å². The number of carbonyl (C=O) groups excluding carboxylic acids is 2. The Morgan fingerprint density at radius 1 is 0.895 bits per heavy atom. The van der Waals surface area contributed by atoms with Crippen molar-refractivity contribution < 1.29 is 9.59 Å². The molecule has 0 heterocycles. The third-order valence-electron chi connectivity index (χ3n) is 2.84. The minimum atomic E-state index is -1.10. The molecule has 0 aromatic heterocycles. The number of hydrogen-bond acceptors (Lipinski definition) is 2. The predicted octanol–water partition coefficient (Wildman–Crippen LogP) is 3.49. The number of rotatable bonds is 5. The molecule has 0 unspecified atom stereocenters. The summed E-state index contributed by atoms with van der Waals surface area (Å²) in [7, 11) is 0. The van der Waals surface area contributed by atoms with E-state index in [0.29, 0.717) is 20.7 Å². The minimum Gasteiger partial charge on any atom is -0.331 e. The van der Waals surface area contributed by atoms with Gasteiger partial charge >= 0.3 is 20.4 Å². The summed E-state index contributed by atoms with van der Waals surface area (Å²) >= 11 is 4.67. The van der Waals surface area contributed by atoms with E-state index in [9.17, 15) is 9.59 Å². The summed E-state index contributed by atoms with van der Waals surface area (Å²) < 4.78 is 0.465. The molecule has 0 atom stereocenters. The Bertz CT molecular complexity index is 579. The molecule has 0 fully saturated rings. The van der Waals surface area contributed by atoms with Gasteiger partial charge in [-0.05, 0) is 17.7 Å². The van der Waals surface area contributed by atoms with Gasteiger partial charge in [-0.3, -0.25) is 4.79 Å². The van der Waals surface area contributed by atoms with Crippen LogP contribution in [0.1, 0.15) is 20.7 Å². The van der Waals surface area contributed by atoms with Crippen LogP contribution in [0, 0.1) is 0 Å². The van der Waals surface area contributed by atoms with Crippen molar-refractivity contribution in [3.8, 4) is 0 Å². The van der Waals surface area contributed by atoms with Crippen LogP contribution in [-0.2, 0) is 0 Å². The summed E-state index contributed by atoms with van der Waals surface area (Å²) in [6.45, 7) is 0. The third kappa shape index (κ3) is 4.16. The van der Waals surface area contributed by atoms with Crippen molar-refractivity contribution in [2.75, 3.05) is 0 Å². The fourth-order valence-electron chi connectivity index (χ4n) is 1.78. The molecule has 0 saturated heterocycles. The fourth-order valence-corrected chi connectivity index (χ4v) is 3.17. The number of Topliss-reactive ketones (excluding diaryl/α,β-unsaturated/α-hetero) is 1. The van der Waals surface area contributed by atoms with Crippen molar-refractivity contribution in [3.05, 3.63) is 70.7 Å². The van der Waals surface area contributed by atoms with Gasteiger partial charge < -0.3 is 4.79 Å². The zero-order valence-corrected chi connectivity index (χ0v) is 12.5. The summed E-state index contributed by atoms with van der Waals surface area (Å²) in [5.74, 6) is 0.0505. The molecule has 4 heteroatoms. The lowest BCUT2D eigenvalue weighted by Crippen LogP contribution is -2.13. The normalized spacial score (nSPS) is 9.74. The average molecular weight is 283 g/mol. The SMILES string of the molecule is O=C([CH2][Mg][C](=O)c1ccc(Cl)cc1)c1ccccc1. The molecule has 0 radical (unpaired) electrons. The molecule has 0 bridgehead atoms. The first-order valence-corrected chi connectivity index (χ1v) is 8.12. The lowest BCUT2D eigenvalue weighted by molar-refractivity contribution is 0.100. The Kier molecular flexibility index (Phi) is 5.13. The largest absolute Gasteiger partial charge is 0.486 e. The van der Waals surface area contributed by atoms with E-state index in [1.165, 1.54) is 0 Å². The first-order chi connectivity index (χ1) is 9.16. The molecule has 0 N–H and O–H groups in total. The molecule has 0 amide bonds. The number of halogens is 1. The molecule has 19 heavy (non-hydrogen) atoms. The monoisotopic (exact) mass is 282 g/mol. The van der Waals surface area contributed by atoms with E-state index in [1.54, 1.807) is 36.4 Å². The molecule has 2 nitrogen and oxygen atoms in total. The van der Waals surface area contributed by atoms with E-state index in [1.807, 2.05) is 18.2 Å². The molecule has 2 aromatic rings. The zero-order chi connectivity index (χ0) is 13.7. The van der Waals surface area contributed by atoms with Crippen molar-refractivity contribution in [1.29, 1.82) is 0 Å². The van der Waals surface area contributed by atoms with E-state index in [0.717, 1.165) is 0 Å². The standard InChI is InChI=1S/C8H7O.C7H4ClO.Mg/c1-7(9)8-5-3-2-4-6-8;8-7-3-1-6(5-9)2-4-7;/h2-6H,1H2;1-4H;. The molecule has 0 aliphatic heterocycles. The second kappa shape index (κ2) is 6.85. The summed E-state index contributed by atoms with van der Waals surface area (Å²) in [6.07, 6.45) is 0. The Morgan fingerprint density at radius 2 is 1.53 bits per heavy atom. The van der Waals surface area contributed by atoms with Gasteiger partial charge in [0.2, 0.25) is 0 Å². The number of ketones is 1. The van der Waals surface area contributed by atoms with Gasteiger partial charge in [0.25, 0.3) is 0 Å². The maximum absolute atomic E-state index is 12.0. The molecule has 2 aromatic carbocycles. The number of benzene rings is 2. The fraction of sp³-hybridized carbons (Fsp3) is 0.0667. The Balaban J connectivity index is 1.94. The molecule has 0 aliphatic carbocycles. The van der Waals surface area contributed by atoms with E-state index in [-0.39, 0.29) is 9.70 Å². The highest BCUT2D eigenvalue weighted by Gasteiger charge is 2.14. The van der Waals surface area contributed by atoms with Crippen molar-refractivity contribution in [2.24, 2.45) is 0 Å². The highest BCUT2D eigenvalue weighted by atomic mass is 35.5. The average Bonchev–Trinajstić information content (AvgIpc) is 2.46. The van der Waals surface area contributed by atoms with Crippen molar-refractivity contribution in [1.82, 2.24) is 0 Å². The van der Waals surface area contributed by atoms with Gasteiger partial charge in [-0.15, -0.1) is 0 Å². The lowest BCUT2D eigenvalue weighted by atomic mass is 10.1. The van der Waals surface area contributed by atoms with Gasteiger partial charge in [0.15, 0.2) is 0 Å². The van der Waals surface area contributed by atoms with Gasteiger partial charge in [-0.1, -0.05) is 58.6 Å². The predicted molar refractivity (Wildman–Crippen MR) is 77.1 cm³/mol. The summed E-state index contributed by atoms with van der Waals surface area (Å²) in [6, 6.07) is 15.9. The minimum absolute atomic E-state index is 0.0505. The first-order valence-electron chi connectivity index (χ1n) is 6.04. The van der Waals surface area contributed by atoms with Crippen molar-refractivity contribution in [3.63, 3.8) is 0 Å². The number of hydrogen-bond donors (Lipinski definition) is 0. The lowest BCUT2D eigenvalue weighted by Gasteiger charge is -2.01. The van der Waals surface area contributed by atoms with Crippen LogP contribution in [0.2, 0.25) is 9.57 Å². The molecule has 92 valence electrons. The van der Waals surface area contributed by atoms with E-state index >= 15 is 0 Å². The second-order valence-corrected chi connectivity index (χ2v) is 6.30. The van der Waals surface area contributed by atoms with Crippen LogP contribution in [0.5, 0.6) is 0 Å². The highest BCUT2D eigenvalue weighted by Crippen LogP contribution is 2.10. The molecule has 0 spiro atoms. The molecule has 2 rings (SSSR count). The van der Waals surface area contributed by atoms with Gasteiger partial charge in [-0.2, -0.15) is 0 Å². The van der Waals surface area contributed by atoms with Crippen LogP contribution in [0.25, 0.3) is 0 Å². The van der Waals surface area contributed by atoms with Crippen LogP contribution < -0.4 is 0 Å². The molecular formula is C15H11ClMgO2. The Morgan fingerprint density at radius 3 is 2.16 bits per heavy atom. The Labute approximate surface area is 126 Å². The van der Waals surface area contributed by atoms with Crippen LogP contribution in [0.15, 0.2) is 54.6 Å². The van der Waals surface area contributed by atoms with Crippen molar-refractivity contribution in [2.45, 2.75) is 4.55 Å². The first kappa shape index (κ1) is 14.2. The molecular weight excluding hydrogens is 272 g/mol. The Hall–Kier alpha value is -1.16. The maximum Gasteiger partial charge on any atom is 0.486 e. The summed E-state index contributed by atoms with van der Waals surface area (Å²) in [5.41, 5.74) is 1.33. The van der Waals surface area contributed by atoms with Gasteiger partial charge in [0, 0.05) is 14.5 Å². The quantitative estimate of drug-likeness (QED) is 0.621. The van der Waals surface area contributed by atoms with Gasteiger partial charge in [-0.25, -0.2) is 0 Å². The maximum atomic E-state index is 12.0. The second-order valence-electron chi connectivity index (χ2n) is 4.22. The summed E-state index contributed by atoms with van der Waals surface area (Å²) in [5, 5.41) is 0.610. The van der Waals surface area contributed by atoms with E-state index in [2.05, 4.69) is 0 Å². The highest BCUT2D eigenvalue weighted by molar-refractivity contribution is 6.79. The summed E-state index contributed by atoms with van der Waals surface area (Å²) in [4.78, 5) is 23.9. The molecule has 0 aliphatic rings. The smallest absolute Gasteiger partial charge is 0.331 e. The topological polar surface area (TPSA) is 34.1 Å².